The molecule has 4 heterocycles. The van der Waals surface area contributed by atoms with Crippen LogP contribution in [0.25, 0.3) is 22.6 Å². The van der Waals surface area contributed by atoms with Gasteiger partial charge in [0.05, 0.1) is 19.3 Å². The summed E-state index contributed by atoms with van der Waals surface area (Å²) in [5.41, 5.74) is 1.93. The number of morpholine rings is 1. The van der Waals surface area contributed by atoms with Gasteiger partial charge in [-0.2, -0.15) is 0 Å². The molecule has 1 amide bonds. The Labute approximate surface area is 177 Å². The quantitative estimate of drug-likeness (QED) is 0.644. The molecule has 0 spiro atoms. The predicted octanol–water partition coefficient (Wildman–Crippen LogP) is 1.75. The third kappa shape index (κ3) is 3.72. The van der Waals surface area contributed by atoms with Crippen molar-refractivity contribution in [1.82, 2.24) is 29.9 Å². The van der Waals surface area contributed by atoms with Gasteiger partial charge in [-0.15, -0.1) is 5.10 Å². The molecule has 2 saturated heterocycles. The number of piperidine rings is 1. The van der Waals surface area contributed by atoms with E-state index in [1.54, 1.807) is 22.9 Å². The first-order valence-corrected chi connectivity index (χ1v) is 10.3. The van der Waals surface area contributed by atoms with Crippen molar-refractivity contribution in [1.29, 1.82) is 0 Å². The van der Waals surface area contributed by atoms with Crippen LogP contribution in [0.15, 0.2) is 24.3 Å². The van der Waals surface area contributed by atoms with E-state index >= 15 is 0 Å². The molecule has 0 atom stereocenters. The Morgan fingerprint density at radius 3 is 2.58 bits per heavy atom. The predicted molar refractivity (Wildman–Crippen MR) is 111 cm³/mol. The average Bonchev–Trinajstić information content (AvgIpc) is 3.23. The van der Waals surface area contributed by atoms with Crippen molar-refractivity contribution in [3.05, 3.63) is 24.3 Å². The zero-order valence-corrected chi connectivity index (χ0v) is 16.9. The van der Waals surface area contributed by atoms with Crippen LogP contribution in [0.5, 0.6) is 5.75 Å². The van der Waals surface area contributed by atoms with E-state index in [1.165, 1.54) is 4.90 Å². The SMILES string of the molecule is O=C(O)N1CCC(n2nnc3c(N4CCOCC4)nc(-c4cccc(O)c4)nc32)CC1. The Balaban J connectivity index is 1.58. The van der Waals surface area contributed by atoms with Crippen molar-refractivity contribution < 1.29 is 19.7 Å². The molecule has 2 aromatic heterocycles. The third-order valence-electron chi connectivity index (χ3n) is 5.80. The normalized spacial score (nSPS) is 17.9. The van der Waals surface area contributed by atoms with Crippen LogP contribution >= 0.6 is 0 Å². The Bertz CT molecular complexity index is 1100. The van der Waals surface area contributed by atoms with E-state index in [9.17, 15) is 15.0 Å². The summed E-state index contributed by atoms with van der Waals surface area (Å²) >= 11 is 0. The van der Waals surface area contributed by atoms with Crippen LogP contribution in [0.4, 0.5) is 10.6 Å². The highest BCUT2D eigenvalue weighted by Gasteiger charge is 2.28. The van der Waals surface area contributed by atoms with E-state index in [1.807, 2.05) is 6.07 Å². The summed E-state index contributed by atoms with van der Waals surface area (Å²) < 4.78 is 7.28. The van der Waals surface area contributed by atoms with E-state index in [2.05, 4.69) is 15.2 Å². The van der Waals surface area contributed by atoms with Gasteiger partial charge in [0, 0.05) is 31.7 Å². The lowest BCUT2D eigenvalue weighted by molar-refractivity contribution is 0.122. The number of phenolic OH excluding ortho intramolecular Hbond substituents is 1. The Hall–Kier alpha value is -3.47. The molecular weight excluding hydrogens is 402 g/mol. The number of ether oxygens (including phenoxy) is 1. The molecule has 0 bridgehead atoms. The maximum atomic E-state index is 11.2. The van der Waals surface area contributed by atoms with Gasteiger partial charge in [-0.25, -0.2) is 19.4 Å². The van der Waals surface area contributed by atoms with Gasteiger partial charge in [-0.1, -0.05) is 17.3 Å². The lowest BCUT2D eigenvalue weighted by Crippen LogP contribution is -2.38. The van der Waals surface area contributed by atoms with E-state index < -0.39 is 6.09 Å². The van der Waals surface area contributed by atoms with Crippen molar-refractivity contribution in [2.75, 3.05) is 44.3 Å². The minimum Gasteiger partial charge on any atom is -0.508 e. The molecule has 0 radical (unpaired) electrons. The van der Waals surface area contributed by atoms with Gasteiger partial charge in [0.2, 0.25) is 0 Å². The fourth-order valence-corrected chi connectivity index (χ4v) is 4.13. The van der Waals surface area contributed by atoms with Crippen LogP contribution < -0.4 is 4.90 Å². The van der Waals surface area contributed by atoms with Gasteiger partial charge in [0.1, 0.15) is 5.75 Å². The van der Waals surface area contributed by atoms with Gasteiger partial charge < -0.3 is 24.7 Å². The number of phenols is 1. The molecule has 31 heavy (non-hydrogen) atoms. The number of amides is 1. The largest absolute Gasteiger partial charge is 0.508 e. The Morgan fingerprint density at radius 2 is 1.87 bits per heavy atom. The highest BCUT2D eigenvalue weighted by molar-refractivity contribution is 5.85. The Kier molecular flexibility index (Phi) is 5.02. The topological polar surface area (TPSA) is 130 Å². The van der Waals surface area contributed by atoms with E-state index in [0.29, 0.717) is 80.6 Å². The van der Waals surface area contributed by atoms with Gasteiger partial charge >= 0.3 is 6.09 Å². The molecule has 2 fully saturated rings. The van der Waals surface area contributed by atoms with Gasteiger partial charge in [-0.3, -0.25) is 0 Å². The first-order valence-electron chi connectivity index (χ1n) is 10.3. The molecule has 0 saturated carbocycles. The number of fused-ring (bicyclic) bond motifs is 1. The summed E-state index contributed by atoms with van der Waals surface area (Å²) in [4.78, 5) is 24.3. The van der Waals surface area contributed by atoms with Gasteiger partial charge in [0.15, 0.2) is 22.8 Å². The molecule has 11 nitrogen and oxygen atoms in total. The average molecular weight is 425 g/mol. The van der Waals surface area contributed by atoms with Crippen molar-refractivity contribution in [2.24, 2.45) is 0 Å². The van der Waals surface area contributed by atoms with Crippen LogP contribution in [0.2, 0.25) is 0 Å². The third-order valence-corrected chi connectivity index (χ3v) is 5.80. The summed E-state index contributed by atoms with van der Waals surface area (Å²) in [5, 5.41) is 27.9. The van der Waals surface area contributed by atoms with E-state index in [4.69, 9.17) is 14.7 Å². The second-order valence-corrected chi connectivity index (χ2v) is 7.73. The summed E-state index contributed by atoms with van der Waals surface area (Å²) in [6.45, 7) is 3.48. The molecule has 2 N–H and O–H groups in total. The fraction of sp³-hybridized carbons (Fsp3) is 0.450. The highest BCUT2D eigenvalue weighted by Crippen LogP contribution is 2.31. The fourth-order valence-electron chi connectivity index (χ4n) is 4.13. The number of aromatic nitrogens is 5. The number of carboxylic acid groups (broad SMARTS) is 1. The summed E-state index contributed by atoms with van der Waals surface area (Å²) in [7, 11) is 0. The lowest BCUT2D eigenvalue weighted by atomic mass is 10.1. The molecule has 2 aliphatic heterocycles. The molecule has 0 aliphatic carbocycles. The van der Waals surface area contributed by atoms with Crippen LogP contribution in [-0.2, 0) is 4.74 Å². The zero-order chi connectivity index (χ0) is 21.4. The van der Waals surface area contributed by atoms with Crippen LogP contribution in [0.3, 0.4) is 0 Å². The second-order valence-electron chi connectivity index (χ2n) is 7.73. The first kappa shape index (κ1) is 19.5. The number of aromatic hydroxyl groups is 1. The number of anilines is 1. The molecular formula is C20H23N7O4. The monoisotopic (exact) mass is 425 g/mol. The van der Waals surface area contributed by atoms with Crippen molar-refractivity contribution >= 4 is 23.1 Å². The second kappa shape index (κ2) is 7.99. The number of carbonyl (C=O) groups is 1. The minimum atomic E-state index is -0.898. The van der Waals surface area contributed by atoms with E-state index in [-0.39, 0.29) is 11.8 Å². The smallest absolute Gasteiger partial charge is 0.407 e. The van der Waals surface area contributed by atoms with Crippen LogP contribution in [0.1, 0.15) is 18.9 Å². The minimum absolute atomic E-state index is 0.00469. The molecule has 5 rings (SSSR count). The summed E-state index contributed by atoms with van der Waals surface area (Å²) in [5.74, 6) is 1.32. The van der Waals surface area contributed by atoms with Crippen molar-refractivity contribution in [3.63, 3.8) is 0 Å². The van der Waals surface area contributed by atoms with Crippen molar-refractivity contribution in [2.45, 2.75) is 18.9 Å². The summed E-state index contributed by atoms with van der Waals surface area (Å²) in [6, 6.07) is 6.84. The maximum Gasteiger partial charge on any atom is 0.407 e. The summed E-state index contributed by atoms with van der Waals surface area (Å²) in [6.07, 6.45) is 0.386. The number of rotatable bonds is 3. The number of hydrogen-bond donors (Lipinski definition) is 2. The maximum absolute atomic E-state index is 11.2. The molecule has 162 valence electrons. The molecule has 3 aromatic rings. The molecule has 1 aromatic carbocycles. The first-order chi connectivity index (χ1) is 15.1. The standard InChI is InChI=1S/C20H23N7O4/c28-15-3-1-2-13(12-15)17-21-18(25-8-10-31-11-9-25)16-19(22-17)27(24-23-16)14-4-6-26(7-5-14)20(29)30/h1-3,12,14,28H,4-11H2,(H,29,30). The van der Waals surface area contributed by atoms with Crippen LogP contribution in [-0.4, -0.2) is 85.6 Å². The molecule has 0 unspecified atom stereocenters. The number of nitrogens with zero attached hydrogens (tertiary/aromatic N) is 7. The Morgan fingerprint density at radius 1 is 1.10 bits per heavy atom. The van der Waals surface area contributed by atoms with Crippen LogP contribution in [0, 0.1) is 0 Å². The number of hydrogen-bond acceptors (Lipinski definition) is 8. The van der Waals surface area contributed by atoms with Crippen molar-refractivity contribution in [3.8, 4) is 17.1 Å². The molecule has 2 aliphatic rings. The zero-order valence-electron chi connectivity index (χ0n) is 16.9. The molecule has 11 heteroatoms. The number of benzene rings is 1. The van der Waals surface area contributed by atoms with Gasteiger partial charge in [-0.05, 0) is 25.0 Å². The number of likely N-dealkylation sites (tertiary alicyclic amines) is 1. The van der Waals surface area contributed by atoms with Gasteiger partial charge in [0.25, 0.3) is 0 Å². The lowest BCUT2D eigenvalue weighted by Gasteiger charge is -2.30. The van der Waals surface area contributed by atoms with E-state index in [0.717, 1.165) is 0 Å². The highest BCUT2D eigenvalue weighted by atomic mass is 16.5.